The Morgan fingerprint density at radius 1 is 0.870 bits per heavy atom. The third kappa shape index (κ3) is 14.2. The molecule has 0 aromatic rings. The normalized spacial score (nSPS) is 13.7. The topological polar surface area (TPSA) is 101 Å². The highest BCUT2D eigenvalue weighted by atomic mass is 16.4. The number of amides is 1. The highest BCUT2D eigenvalue weighted by Crippen LogP contribution is 2.19. The number of carbonyl (C=O) groups excluding carboxylic acids is 1. The summed E-state index contributed by atoms with van der Waals surface area (Å²) in [5.41, 5.74) is 5.45. The quantitative estimate of drug-likeness (QED) is 0.376. The summed E-state index contributed by atoms with van der Waals surface area (Å²) in [6.45, 7) is 2.14. The smallest absolute Gasteiger partial charge is 0.303 e. The second-order valence-corrected chi connectivity index (χ2v) is 6.53. The van der Waals surface area contributed by atoms with Crippen molar-refractivity contribution in [2.45, 2.75) is 96.5 Å². The number of primary amides is 1. The Balaban J connectivity index is 3.73. The molecule has 0 aliphatic heterocycles. The molecule has 0 spiro atoms. The predicted molar refractivity (Wildman–Crippen MR) is 92.0 cm³/mol. The Kier molecular flexibility index (Phi) is 13.8. The molecule has 5 heteroatoms. The van der Waals surface area contributed by atoms with E-state index in [1.165, 1.54) is 0 Å². The number of nitrogens with two attached hydrogens (primary N) is 1. The lowest BCUT2D eigenvalue weighted by Crippen LogP contribution is -2.23. The van der Waals surface area contributed by atoms with E-state index in [0.717, 1.165) is 70.6 Å². The van der Waals surface area contributed by atoms with Crippen molar-refractivity contribution in [2.24, 2.45) is 11.7 Å². The van der Waals surface area contributed by atoms with Crippen LogP contribution in [-0.2, 0) is 9.59 Å². The molecule has 0 heterocycles. The van der Waals surface area contributed by atoms with Crippen LogP contribution in [0, 0.1) is 5.92 Å². The third-order valence-electron chi connectivity index (χ3n) is 4.33. The predicted octanol–water partition coefficient (Wildman–Crippen LogP) is 3.62. The molecule has 0 aliphatic carbocycles. The zero-order valence-corrected chi connectivity index (χ0v) is 14.6. The van der Waals surface area contributed by atoms with E-state index in [9.17, 15) is 14.7 Å². The molecule has 0 aromatic carbocycles. The number of unbranched alkanes of at least 4 members (excludes halogenated alkanes) is 5. The largest absolute Gasteiger partial charge is 0.481 e. The number of aliphatic hydroxyl groups is 1. The summed E-state index contributed by atoms with van der Waals surface area (Å²) < 4.78 is 0. The molecule has 5 nitrogen and oxygen atoms in total. The Morgan fingerprint density at radius 3 is 2.04 bits per heavy atom. The average Bonchev–Trinajstić information content (AvgIpc) is 2.48. The molecule has 2 atom stereocenters. The van der Waals surface area contributed by atoms with E-state index < -0.39 is 5.97 Å². The maximum Gasteiger partial charge on any atom is 0.303 e. The van der Waals surface area contributed by atoms with Crippen molar-refractivity contribution in [1.29, 1.82) is 0 Å². The van der Waals surface area contributed by atoms with Gasteiger partial charge in [-0.3, -0.25) is 9.59 Å². The van der Waals surface area contributed by atoms with Crippen LogP contribution in [0.5, 0.6) is 0 Å². The highest BCUT2D eigenvalue weighted by Gasteiger charge is 2.15. The van der Waals surface area contributed by atoms with Gasteiger partial charge in [-0.25, -0.2) is 0 Å². The van der Waals surface area contributed by atoms with Crippen molar-refractivity contribution in [3.8, 4) is 0 Å². The Labute approximate surface area is 140 Å². The minimum atomic E-state index is -0.752. The first-order valence-electron chi connectivity index (χ1n) is 9.16. The molecule has 1 amide bonds. The first-order valence-corrected chi connectivity index (χ1v) is 9.16. The van der Waals surface area contributed by atoms with Gasteiger partial charge in [-0.2, -0.15) is 0 Å². The molecule has 4 N–H and O–H groups in total. The van der Waals surface area contributed by atoms with Crippen LogP contribution in [-0.4, -0.2) is 28.2 Å². The molecule has 136 valence electrons. The maximum absolute atomic E-state index is 11.5. The number of carboxylic acid groups (broad SMARTS) is 1. The van der Waals surface area contributed by atoms with Crippen LogP contribution in [0.15, 0.2) is 0 Å². The lowest BCUT2D eigenvalue weighted by molar-refractivity contribution is -0.137. The van der Waals surface area contributed by atoms with Gasteiger partial charge < -0.3 is 15.9 Å². The number of carboxylic acids is 1. The van der Waals surface area contributed by atoms with Crippen LogP contribution in [0.3, 0.4) is 0 Å². The summed E-state index contributed by atoms with van der Waals surface area (Å²) in [5, 5.41) is 18.4. The van der Waals surface area contributed by atoms with E-state index in [1.54, 1.807) is 0 Å². The third-order valence-corrected chi connectivity index (χ3v) is 4.33. The van der Waals surface area contributed by atoms with Crippen LogP contribution >= 0.6 is 0 Å². The monoisotopic (exact) mass is 329 g/mol. The zero-order valence-electron chi connectivity index (χ0n) is 14.6. The lowest BCUT2D eigenvalue weighted by atomic mass is 9.93. The van der Waals surface area contributed by atoms with Crippen LogP contribution in [0.1, 0.15) is 90.4 Å². The number of carbonyl (C=O) groups is 2. The van der Waals surface area contributed by atoms with Gasteiger partial charge in [0.05, 0.1) is 6.10 Å². The van der Waals surface area contributed by atoms with E-state index in [1.807, 2.05) is 0 Å². The number of aliphatic carboxylic acids is 1. The van der Waals surface area contributed by atoms with Crippen LogP contribution < -0.4 is 5.73 Å². The number of rotatable bonds is 16. The fourth-order valence-corrected chi connectivity index (χ4v) is 2.82. The van der Waals surface area contributed by atoms with Gasteiger partial charge in [0.15, 0.2) is 0 Å². The molecule has 0 bridgehead atoms. The molecule has 0 rings (SSSR count). The fraction of sp³-hybridized carbons (Fsp3) is 0.889. The first-order chi connectivity index (χ1) is 11.0. The Hall–Kier alpha value is -1.10. The summed E-state index contributed by atoms with van der Waals surface area (Å²) in [5.74, 6) is -1.12. The van der Waals surface area contributed by atoms with Gasteiger partial charge in [-0.05, 0) is 32.1 Å². The van der Waals surface area contributed by atoms with Gasteiger partial charge in [0, 0.05) is 12.3 Å². The van der Waals surface area contributed by atoms with E-state index in [-0.39, 0.29) is 24.3 Å². The molecule has 0 aromatic heterocycles. The van der Waals surface area contributed by atoms with Crippen molar-refractivity contribution >= 4 is 11.9 Å². The van der Waals surface area contributed by atoms with Crippen LogP contribution in [0.25, 0.3) is 0 Å². The first kappa shape index (κ1) is 21.9. The van der Waals surface area contributed by atoms with E-state index >= 15 is 0 Å². The second kappa shape index (κ2) is 14.5. The minimum absolute atomic E-state index is 0.114. The number of hydrogen-bond donors (Lipinski definition) is 3. The number of hydrogen-bond acceptors (Lipinski definition) is 3. The molecule has 0 aliphatic rings. The summed E-state index contributed by atoms with van der Waals surface area (Å²) in [7, 11) is 0. The van der Waals surface area contributed by atoms with Crippen molar-refractivity contribution in [3.05, 3.63) is 0 Å². The Bertz CT molecular complexity index is 320. The van der Waals surface area contributed by atoms with Gasteiger partial charge in [-0.15, -0.1) is 0 Å². The fourth-order valence-electron chi connectivity index (χ4n) is 2.82. The molecular formula is C18H35NO4. The summed E-state index contributed by atoms with van der Waals surface area (Å²) in [6, 6.07) is 0. The summed E-state index contributed by atoms with van der Waals surface area (Å²) >= 11 is 0. The van der Waals surface area contributed by atoms with Gasteiger partial charge in [0.25, 0.3) is 0 Å². The molecule has 0 saturated heterocycles. The lowest BCUT2D eigenvalue weighted by Gasteiger charge is -2.15. The van der Waals surface area contributed by atoms with Crippen molar-refractivity contribution < 1.29 is 19.8 Å². The van der Waals surface area contributed by atoms with Gasteiger partial charge in [0.2, 0.25) is 5.91 Å². The van der Waals surface area contributed by atoms with Gasteiger partial charge in [0.1, 0.15) is 0 Å². The molecule has 0 radical (unpaired) electrons. The standard InChI is InChI=1S/C18H35NO4/c1-2-3-6-12-16(20)13-9-11-15(18(19)23)10-7-4-5-8-14-17(21)22/h15-16,20H,2-14H2,1H3,(H2,19,23)(H,21,22). The number of aliphatic hydroxyl groups excluding tert-OH is 1. The Morgan fingerprint density at radius 2 is 1.43 bits per heavy atom. The summed E-state index contributed by atoms with van der Waals surface area (Å²) in [6.07, 6.45) is 10.7. The van der Waals surface area contributed by atoms with E-state index in [0.29, 0.717) is 6.42 Å². The SMILES string of the molecule is CCCCCC(O)CCCC(CCCCCCC(=O)O)C(N)=O. The van der Waals surface area contributed by atoms with Crippen molar-refractivity contribution in [1.82, 2.24) is 0 Å². The van der Waals surface area contributed by atoms with Crippen molar-refractivity contribution in [2.75, 3.05) is 0 Å². The van der Waals surface area contributed by atoms with Crippen molar-refractivity contribution in [3.63, 3.8) is 0 Å². The molecule has 0 fully saturated rings. The second-order valence-electron chi connectivity index (χ2n) is 6.53. The van der Waals surface area contributed by atoms with E-state index in [2.05, 4.69) is 6.92 Å². The van der Waals surface area contributed by atoms with E-state index in [4.69, 9.17) is 10.8 Å². The molecule has 2 unspecified atom stereocenters. The molecule has 23 heavy (non-hydrogen) atoms. The average molecular weight is 329 g/mol. The van der Waals surface area contributed by atoms with Crippen LogP contribution in [0.4, 0.5) is 0 Å². The summed E-state index contributed by atoms with van der Waals surface area (Å²) in [4.78, 5) is 21.9. The molecule has 0 saturated carbocycles. The zero-order chi connectivity index (χ0) is 17.5. The molecular weight excluding hydrogens is 294 g/mol. The minimum Gasteiger partial charge on any atom is -0.481 e. The van der Waals surface area contributed by atoms with Crippen LogP contribution in [0.2, 0.25) is 0 Å². The highest BCUT2D eigenvalue weighted by molar-refractivity contribution is 5.76. The van der Waals surface area contributed by atoms with Gasteiger partial charge >= 0.3 is 5.97 Å². The van der Waals surface area contributed by atoms with Gasteiger partial charge in [-0.1, -0.05) is 51.9 Å². The maximum atomic E-state index is 11.5.